The molecule has 0 spiro atoms. The van der Waals surface area contributed by atoms with Crippen LogP contribution in [0.5, 0.6) is 0 Å². The number of esters is 2. The van der Waals surface area contributed by atoms with Crippen molar-refractivity contribution in [2.24, 2.45) is 0 Å². The molecule has 2 heterocycles. The summed E-state index contributed by atoms with van der Waals surface area (Å²) in [6, 6.07) is -1.23. The van der Waals surface area contributed by atoms with Gasteiger partial charge in [0.2, 0.25) is 0 Å². The fraction of sp³-hybridized carbons (Fsp3) is 0.704. The summed E-state index contributed by atoms with van der Waals surface area (Å²) in [6.07, 6.45) is 3.51. The molecule has 2 saturated carbocycles. The normalized spacial score (nSPS) is 28.0. The van der Waals surface area contributed by atoms with Gasteiger partial charge in [-0.15, -0.1) is 6.58 Å². The molecule has 0 aromatic carbocycles. The van der Waals surface area contributed by atoms with Crippen molar-refractivity contribution in [2.45, 2.75) is 114 Å². The van der Waals surface area contributed by atoms with Gasteiger partial charge in [-0.25, -0.2) is 15.0 Å². The zero-order valence-electron chi connectivity index (χ0n) is 24.3. The lowest BCUT2D eigenvalue weighted by Gasteiger charge is -2.32. The quantitative estimate of drug-likeness (QED) is 0.116. The SMILES string of the molecule is C=C[C@]1(COP(=O)(N[C@@H](C)C(=O)OC2CCCC2)N[C@@H](C)C(=O)OC2CCCC2)O[C@@H](n2ccc(=O)[nH]c2=O)[C@H](O)[C@@H]1O. The molecule has 6 atom stereocenters. The van der Waals surface area contributed by atoms with Gasteiger partial charge in [-0.05, 0) is 65.2 Å². The smallest absolute Gasteiger partial charge is 0.342 e. The van der Waals surface area contributed by atoms with Gasteiger partial charge in [0.25, 0.3) is 5.56 Å². The van der Waals surface area contributed by atoms with Crippen molar-refractivity contribution in [1.82, 2.24) is 19.7 Å². The monoisotopic (exact) mass is 628 g/mol. The summed E-state index contributed by atoms with van der Waals surface area (Å²) in [5.74, 6) is -1.33. The van der Waals surface area contributed by atoms with Crippen molar-refractivity contribution < 1.29 is 43.1 Å². The fourth-order valence-corrected chi connectivity index (χ4v) is 7.31. The third kappa shape index (κ3) is 7.90. The second-order valence-corrected chi connectivity index (χ2v) is 13.2. The van der Waals surface area contributed by atoms with Gasteiger partial charge in [-0.2, -0.15) is 0 Å². The van der Waals surface area contributed by atoms with Crippen LogP contribution in [0.1, 0.15) is 71.4 Å². The van der Waals surface area contributed by atoms with Gasteiger partial charge in [0.15, 0.2) is 6.23 Å². The first-order valence-corrected chi connectivity index (χ1v) is 16.2. The summed E-state index contributed by atoms with van der Waals surface area (Å²) < 4.78 is 37.7. The van der Waals surface area contributed by atoms with Gasteiger partial charge in [0.1, 0.15) is 42.1 Å². The number of carbonyl (C=O) groups is 2. The highest BCUT2D eigenvalue weighted by Gasteiger charge is 2.55. The van der Waals surface area contributed by atoms with Crippen molar-refractivity contribution >= 4 is 19.6 Å². The molecule has 2 aliphatic carbocycles. The molecule has 16 heteroatoms. The molecule has 0 radical (unpaired) electrons. The number of H-pyrrole nitrogens is 1. The number of aliphatic hydroxyl groups is 2. The fourth-order valence-electron chi connectivity index (χ4n) is 5.47. The molecular weight excluding hydrogens is 587 g/mol. The van der Waals surface area contributed by atoms with Crippen LogP contribution in [-0.2, 0) is 32.9 Å². The van der Waals surface area contributed by atoms with Crippen LogP contribution in [0.25, 0.3) is 0 Å². The Morgan fingerprint density at radius 1 is 1.09 bits per heavy atom. The summed E-state index contributed by atoms with van der Waals surface area (Å²) in [5, 5.41) is 26.9. The molecule has 4 rings (SSSR count). The van der Waals surface area contributed by atoms with Crippen molar-refractivity contribution in [2.75, 3.05) is 6.61 Å². The van der Waals surface area contributed by atoms with Crippen molar-refractivity contribution in [1.29, 1.82) is 0 Å². The van der Waals surface area contributed by atoms with E-state index in [-0.39, 0.29) is 12.2 Å². The lowest BCUT2D eigenvalue weighted by molar-refractivity contribution is -0.150. The first kappa shape index (κ1) is 33.2. The minimum Gasteiger partial charge on any atom is -0.461 e. The van der Waals surface area contributed by atoms with Gasteiger partial charge >= 0.3 is 25.3 Å². The van der Waals surface area contributed by atoms with Crippen LogP contribution in [-0.4, -0.2) is 80.4 Å². The minimum absolute atomic E-state index is 0.244. The van der Waals surface area contributed by atoms with Crippen molar-refractivity contribution in [3.8, 4) is 0 Å². The number of carbonyl (C=O) groups excluding carboxylic acids is 2. The van der Waals surface area contributed by atoms with Crippen LogP contribution >= 0.6 is 7.67 Å². The Kier molecular flexibility index (Phi) is 10.8. The lowest BCUT2D eigenvalue weighted by atomic mass is 9.96. The highest BCUT2D eigenvalue weighted by atomic mass is 31.2. The number of aromatic amines is 1. The van der Waals surface area contributed by atoms with Gasteiger partial charge in [0, 0.05) is 12.3 Å². The number of ether oxygens (including phenoxy) is 3. The highest BCUT2D eigenvalue weighted by Crippen LogP contribution is 2.44. The van der Waals surface area contributed by atoms with Crippen LogP contribution < -0.4 is 21.4 Å². The Morgan fingerprint density at radius 3 is 2.07 bits per heavy atom. The largest absolute Gasteiger partial charge is 0.461 e. The van der Waals surface area contributed by atoms with Gasteiger partial charge in [-0.3, -0.25) is 28.5 Å². The number of nitrogens with zero attached hydrogens (tertiary/aromatic N) is 1. The standard InChI is InChI=1S/C27H41N4O11P/c1-4-27(22(34)21(33)23(42-27)31-14-13-20(32)28-26(31)37)15-39-43(38,29-16(2)24(35)40-18-9-5-6-10-18)30-17(3)25(36)41-19-11-7-8-12-19/h4,13-14,16-19,21-23,33-34H,1,5-12,15H2,2-3H3,(H,28,32,37)(H2,29,30,38)/t16-,17-,21+,22-,23+,27+/m0/s1. The molecule has 15 nitrogen and oxygen atoms in total. The van der Waals surface area contributed by atoms with E-state index in [0.717, 1.165) is 74.3 Å². The number of rotatable bonds is 13. The van der Waals surface area contributed by atoms with E-state index in [1.165, 1.54) is 13.8 Å². The van der Waals surface area contributed by atoms with Crippen LogP contribution in [0.3, 0.4) is 0 Å². The third-order valence-corrected chi connectivity index (χ3v) is 9.95. The van der Waals surface area contributed by atoms with Gasteiger partial charge < -0.3 is 28.9 Å². The first-order valence-electron chi connectivity index (χ1n) is 14.6. The summed E-state index contributed by atoms with van der Waals surface area (Å²) in [4.78, 5) is 51.5. The number of aromatic nitrogens is 2. The second-order valence-electron chi connectivity index (χ2n) is 11.3. The average molecular weight is 629 g/mol. The number of hydrogen-bond acceptors (Lipinski definition) is 11. The van der Waals surface area contributed by atoms with E-state index in [1.54, 1.807) is 0 Å². The lowest BCUT2D eigenvalue weighted by Crippen LogP contribution is -2.48. The Bertz CT molecular complexity index is 1280. The maximum atomic E-state index is 14.2. The molecule has 0 bridgehead atoms. The van der Waals surface area contributed by atoms with E-state index in [1.807, 2.05) is 4.98 Å². The van der Waals surface area contributed by atoms with Crippen molar-refractivity contribution in [3.63, 3.8) is 0 Å². The minimum atomic E-state index is -4.33. The summed E-state index contributed by atoms with van der Waals surface area (Å²) >= 11 is 0. The highest BCUT2D eigenvalue weighted by molar-refractivity contribution is 7.54. The number of aliphatic hydroxyl groups excluding tert-OH is 2. The zero-order chi connectivity index (χ0) is 31.4. The summed E-state index contributed by atoms with van der Waals surface area (Å²) in [5.41, 5.74) is -3.48. The van der Waals surface area contributed by atoms with E-state index in [2.05, 4.69) is 16.8 Å². The zero-order valence-corrected chi connectivity index (χ0v) is 25.2. The van der Waals surface area contributed by atoms with Crippen LogP contribution in [0.15, 0.2) is 34.5 Å². The van der Waals surface area contributed by atoms with Gasteiger partial charge in [0.05, 0.1) is 6.61 Å². The molecule has 3 aliphatic rings. The van der Waals surface area contributed by atoms with Crippen molar-refractivity contribution in [3.05, 3.63) is 45.8 Å². The molecular formula is C27H41N4O11P. The summed E-state index contributed by atoms with van der Waals surface area (Å²) in [7, 11) is -4.33. The van der Waals surface area contributed by atoms with Crippen LogP contribution in [0.2, 0.25) is 0 Å². The molecule has 240 valence electrons. The number of nitrogens with one attached hydrogen (secondary N) is 3. The molecule has 43 heavy (non-hydrogen) atoms. The maximum Gasteiger partial charge on any atom is 0.342 e. The van der Waals surface area contributed by atoms with E-state index >= 15 is 0 Å². The van der Waals surface area contributed by atoms with Crippen LogP contribution in [0.4, 0.5) is 0 Å². The molecule has 0 amide bonds. The molecule has 1 aliphatic heterocycles. The predicted octanol–water partition coefficient (Wildman–Crippen LogP) is 0.765. The summed E-state index contributed by atoms with van der Waals surface area (Å²) in [6.45, 7) is 5.83. The second kappa shape index (κ2) is 14.0. The molecule has 0 unspecified atom stereocenters. The molecule has 1 aromatic heterocycles. The molecule has 5 N–H and O–H groups in total. The third-order valence-electron chi connectivity index (χ3n) is 8.00. The topological polar surface area (TPSA) is 208 Å². The Balaban J connectivity index is 1.52. The van der Waals surface area contributed by atoms with E-state index in [0.29, 0.717) is 0 Å². The van der Waals surface area contributed by atoms with E-state index < -0.39 is 73.6 Å². The van der Waals surface area contributed by atoms with Crippen LogP contribution in [0, 0.1) is 0 Å². The average Bonchev–Trinajstić information content (AvgIpc) is 3.72. The predicted molar refractivity (Wildman–Crippen MR) is 152 cm³/mol. The maximum absolute atomic E-state index is 14.2. The Labute approximate surface area is 248 Å². The van der Waals surface area contributed by atoms with E-state index in [9.17, 15) is 34.0 Å². The Hall–Kier alpha value is -2.65. The Morgan fingerprint density at radius 2 is 1.60 bits per heavy atom. The molecule has 3 fully saturated rings. The first-order chi connectivity index (χ1) is 20.4. The van der Waals surface area contributed by atoms with Gasteiger partial charge in [-0.1, -0.05) is 6.08 Å². The van der Waals surface area contributed by atoms with E-state index in [4.69, 9.17) is 18.7 Å². The molecule has 1 aromatic rings. The number of hydrogen-bond donors (Lipinski definition) is 5. The molecule has 1 saturated heterocycles.